The maximum Gasteiger partial charge on any atom is 0.0873 e. The zero-order valence-electron chi connectivity index (χ0n) is 15.8. The van der Waals surface area contributed by atoms with Crippen molar-refractivity contribution in [3.8, 4) is 0 Å². The van der Waals surface area contributed by atoms with Crippen LogP contribution in [-0.2, 0) is 0 Å². The number of nitrogens with one attached hydrogen (secondary N) is 4. The molecule has 2 aliphatic rings. The van der Waals surface area contributed by atoms with E-state index in [1.54, 1.807) is 0 Å². The molecule has 30 heavy (non-hydrogen) atoms. The Balaban J connectivity index is 1.64. The van der Waals surface area contributed by atoms with E-state index in [1.807, 2.05) is 24.3 Å². The van der Waals surface area contributed by atoms with Gasteiger partial charge >= 0.3 is 0 Å². The number of aromatic nitrogens is 6. The first kappa shape index (κ1) is 15.6. The first-order chi connectivity index (χ1) is 14.8. The van der Waals surface area contributed by atoms with Gasteiger partial charge in [0.05, 0.1) is 66.9 Å². The minimum Gasteiger partial charge on any atom is -0.352 e. The highest BCUT2D eigenvalue weighted by Crippen LogP contribution is 2.24. The fraction of sp³-hybridized carbons (Fsp3) is 0. The Morgan fingerprint density at radius 2 is 0.567 bits per heavy atom. The highest BCUT2D eigenvalue weighted by atomic mass is 14.9. The molecule has 12 bridgehead atoms. The van der Waals surface area contributed by atoms with Crippen molar-refractivity contribution in [3.63, 3.8) is 0 Å². The summed E-state index contributed by atoms with van der Waals surface area (Å²) in [5.74, 6) is 0. The van der Waals surface area contributed by atoms with E-state index in [0.717, 1.165) is 66.9 Å². The van der Waals surface area contributed by atoms with Crippen molar-refractivity contribution in [2.24, 2.45) is 0 Å². The summed E-state index contributed by atoms with van der Waals surface area (Å²) in [6, 6.07) is 16.6. The molecule has 0 radical (unpaired) electrons. The minimum absolute atomic E-state index is 0.921. The number of rotatable bonds is 0. The third kappa shape index (κ3) is 2.24. The second-order valence-electron chi connectivity index (χ2n) is 7.57. The van der Waals surface area contributed by atoms with Crippen LogP contribution in [0, 0.1) is 0 Å². The maximum atomic E-state index is 4.82. The Bertz CT molecular complexity index is 1450. The van der Waals surface area contributed by atoms with Gasteiger partial charge < -0.3 is 19.9 Å². The monoisotopic (exact) mass is 388 g/mol. The lowest BCUT2D eigenvalue weighted by Crippen LogP contribution is -1.79. The van der Waals surface area contributed by atoms with Crippen molar-refractivity contribution in [1.29, 1.82) is 0 Å². The van der Waals surface area contributed by atoms with Gasteiger partial charge in [-0.1, -0.05) is 0 Å². The average molecular weight is 388 g/mol. The van der Waals surface area contributed by atoms with E-state index >= 15 is 0 Å². The molecule has 4 N–H and O–H groups in total. The quantitative estimate of drug-likeness (QED) is 0.272. The van der Waals surface area contributed by atoms with E-state index in [2.05, 4.69) is 68.5 Å². The molecule has 5 aromatic heterocycles. The second-order valence-corrected chi connectivity index (χ2v) is 7.57. The molecule has 0 amide bonds. The molecule has 6 heteroatoms. The van der Waals surface area contributed by atoms with Crippen LogP contribution in [0.15, 0.2) is 48.5 Å². The molecule has 0 atom stereocenters. The molecule has 0 aromatic carbocycles. The number of fused-ring (bicyclic) bond motifs is 18. The van der Waals surface area contributed by atoms with E-state index in [4.69, 9.17) is 9.97 Å². The molecule has 6 nitrogen and oxygen atoms in total. The topological polar surface area (TPSA) is 88.9 Å². The van der Waals surface area contributed by atoms with Crippen LogP contribution < -0.4 is 0 Å². The molecule has 2 aliphatic heterocycles. The van der Waals surface area contributed by atoms with Crippen LogP contribution in [0.4, 0.5) is 0 Å². The molecule has 7 heterocycles. The van der Waals surface area contributed by atoms with Gasteiger partial charge in [-0.05, 0) is 72.8 Å². The molecule has 142 valence electrons. The zero-order valence-corrected chi connectivity index (χ0v) is 15.8. The first-order valence-corrected chi connectivity index (χ1v) is 9.86. The number of hydrogen-bond donors (Lipinski definition) is 4. The van der Waals surface area contributed by atoms with Gasteiger partial charge in [0.2, 0.25) is 0 Å². The molecule has 0 fully saturated rings. The van der Waals surface area contributed by atoms with Gasteiger partial charge in [-0.3, -0.25) is 0 Å². The normalized spacial score (nSPS) is 13.1. The molecule has 0 aliphatic carbocycles. The zero-order chi connectivity index (χ0) is 19.7. The summed E-state index contributed by atoms with van der Waals surface area (Å²) < 4.78 is 0. The fourth-order valence-corrected chi connectivity index (χ4v) is 4.13. The molecule has 5 aromatic rings. The van der Waals surface area contributed by atoms with Crippen LogP contribution in [-0.4, -0.2) is 29.9 Å². The van der Waals surface area contributed by atoms with Crippen molar-refractivity contribution >= 4 is 68.4 Å². The Labute approximate surface area is 170 Å². The predicted octanol–water partition coefficient (Wildman–Crippen LogP) is 5.62. The highest BCUT2D eigenvalue weighted by Gasteiger charge is 2.08. The van der Waals surface area contributed by atoms with Gasteiger partial charge in [0.25, 0.3) is 0 Å². The molecule has 7 rings (SSSR count). The van der Waals surface area contributed by atoms with Gasteiger partial charge in [-0.25, -0.2) is 9.97 Å². The SMILES string of the molecule is C1=Cc2nc1c1ccc([nH]1)c1ccc([nH]1)c1nc(c3ccc([nH]3)c3ccc2[nH]3)C=C1. The summed E-state index contributed by atoms with van der Waals surface area (Å²) >= 11 is 0. The lowest BCUT2D eigenvalue weighted by Gasteiger charge is -1.89. The number of H-pyrrole nitrogens is 4. The van der Waals surface area contributed by atoms with Crippen LogP contribution in [0.25, 0.3) is 68.4 Å². The van der Waals surface area contributed by atoms with E-state index in [-0.39, 0.29) is 0 Å². The average Bonchev–Trinajstić information content (AvgIpc) is 3.58. The molecule has 0 unspecified atom stereocenters. The summed E-state index contributed by atoms with van der Waals surface area (Å²) in [4.78, 5) is 23.6. The van der Waals surface area contributed by atoms with Gasteiger partial charge in [-0.2, -0.15) is 0 Å². The van der Waals surface area contributed by atoms with Crippen molar-refractivity contribution < 1.29 is 0 Å². The van der Waals surface area contributed by atoms with Crippen LogP contribution in [0.5, 0.6) is 0 Å². The summed E-state index contributed by atoms with van der Waals surface area (Å²) in [6.07, 6.45) is 8.17. The molecule has 0 spiro atoms. The van der Waals surface area contributed by atoms with Crippen LogP contribution >= 0.6 is 0 Å². The summed E-state index contributed by atoms with van der Waals surface area (Å²) in [5, 5.41) is 0. The summed E-state index contributed by atoms with van der Waals surface area (Å²) in [5.41, 5.74) is 11.7. The van der Waals surface area contributed by atoms with Crippen LogP contribution in [0.1, 0.15) is 22.8 Å². The Morgan fingerprint density at radius 3 is 0.833 bits per heavy atom. The van der Waals surface area contributed by atoms with Gasteiger partial charge in [0, 0.05) is 0 Å². The third-order valence-corrected chi connectivity index (χ3v) is 5.71. The van der Waals surface area contributed by atoms with Gasteiger partial charge in [-0.15, -0.1) is 0 Å². The van der Waals surface area contributed by atoms with Gasteiger partial charge in [0.15, 0.2) is 0 Å². The molecule has 0 saturated carbocycles. The number of aromatic amines is 4. The lowest BCUT2D eigenvalue weighted by molar-refractivity contribution is 1.31. The first-order valence-electron chi connectivity index (χ1n) is 9.86. The minimum atomic E-state index is 0.921. The predicted molar refractivity (Wildman–Crippen MR) is 123 cm³/mol. The van der Waals surface area contributed by atoms with Crippen LogP contribution in [0.3, 0.4) is 0 Å². The smallest absolute Gasteiger partial charge is 0.0873 e. The van der Waals surface area contributed by atoms with Crippen molar-refractivity contribution in [1.82, 2.24) is 29.9 Å². The molecular weight excluding hydrogens is 372 g/mol. The fourth-order valence-electron chi connectivity index (χ4n) is 4.13. The molecule has 0 saturated heterocycles. The Kier molecular flexibility index (Phi) is 2.91. The standard InChI is InChI=1S/C24H16N6/c1-2-14-16-5-6-19(27-16)20-9-10-23(29-20)24-12-11-22(30-24)21-8-7-18(28-21)17-4-3-15(26-17)13(1)25-14/h1-12,25-26,29-30H. The van der Waals surface area contributed by atoms with E-state index in [0.29, 0.717) is 0 Å². The van der Waals surface area contributed by atoms with E-state index < -0.39 is 0 Å². The maximum absolute atomic E-state index is 4.82. The third-order valence-electron chi connectivity index (χ3n) is 5.71. The highest BCUT2D eigenvalue weighted by molar-refractivity contribution is 5.91. The van der Waals surface area contributed by atoms with E-state index in [1.165, 1.54) is 0 Å². The van der Waals surface area contributed by atoms with Crippen molar-refractivity contribution in [2.45, 2.75) is 0 Å². The second kappa shape index (κ2) is 5.61. The Hall–Kier alpha value is -4.32. The number of hydrogen-bond acceptors (Lipinski definition) is 2. The van der Waals surface area contributed by atoms with E-state index in [9.17, 15) is 0 Å². The largest absolute Gasteiger partial charge is 0.352 e. The lowest BCUT2D eigenvalue weighted by atomic mass is 10.3. The van der Waals surface area contributed by atoms with Crippen LogP contribution in [0.2, 0.25) is 0 Å². The number of nitrogens with zero attached hydrogens (tertiary/aromatic N) is 2. The van der Waals surface area contributed by atoms with Gasteiger partial charge in [0.1, 0.15) is 0 Å². The summed E-state index contributed by atoms with van der Waals surface area (Å²) in [6.45, 7) is 0. The Morgan fingerprint density at radius 1 is 0.333 bits per heavy atom. The van der Waals surface area contributed by atoms with Crippen molar-refractivity contribution in [2.75, 3.05) is 0 Å². The molecular formula is C24H16N6. The van der Waals surface area contributed by atoms with Crippen molar-refractivity contribution in [3.05, 3.63) is 71.3 Å². The summed E-state index contributed by atoms with van der Waals surface area (Å²) in [7, 11) is 0.